The number of piperidine rings is 1. The molecule has 0 aliphatic carbocycles. The lowest BCUT2D eigenvalue weighted by molar-refractivity contribution is 0.0717. The van der Waals surface area contributed by atoms with Crippen LogP contribution in [0.25, 0.3) is 11.4 Å². The van der Waals surface area contributed by atoms with E-state index in [1.807, 2.05) is 29.6 Å². The first kappa shape index (κ1) is 16.8. The molecule has 0 saturated carbocycles. The Hall–Kier alpha value is -2.61. The van der Waals surface area contributed by atoms with Gasteiger partial charge >= 0.3 is 0 Å². The Morgan fingerprint density at radius 3 is 2.58 bits per heavy atom. The van der Waals surface area contributed by atoms with Crippen molar-refractivity contribution in [1.82, 2.24) is 29.4 Å². The predicted molar refractivity (Wildman–Crippen MR) is 99.0 cm³/mol. The van der Waals surface area contributed by atoms with E-state index in [4.69, 9.17) is 0 Å². The Morgan fingerprint density at radius 1 is 1.15 bits per heavy atom. The molecule has 0 N–H and O–H groups in total. The highest BCUT2D eigenvalue weighted by Crippen LogP contribution is 2.33. The van der Waals surface area contributed by atoms with E-state index in [0.29, 0.717) is 10.8 Å². The van der Waals surface area contributed by atoms with Crippen molar-refractivity contribution in [2.75, 3.05) is 13.1 Å². The molecule has 26 heavy (non-hydrogen) atoms. The van der Waals surface area contributed by atoms with Gasteiger partial charge in [-0.1, -0.05) is 0 Å². The van der Waals surface area contributed by atoms with Crippen LogP contribution >= 0.6 is 11.3 Å². The highest BCUT2D eigenvalue weighted by atomic mass is 32.1. The number of carbonyl (C=O) groups is 1. The summed E-state index contributed by atoms with van der Waals surface area (Å²) in [5.41, 5.74) is 4.57. The molecule has 4 rings (SSSR count). The van der Waals surface area contributed by atoms with E-state index in [9.17, 15) is 4.79 Å². The largest absolute Gasteiger partial charge is 0.338 e. The molecule has 0 unspecified atom stereocenters. The van der Waals surface area contributed by atoms with Gasteiger partial charge in [-0.05, 0) is 19.8 Å². The third-order valence-electron chi connectivity index (χ3n) is 5.00. The van der Waals surface area contributed by atoms with Crippen LogP contribution < -0.4 is 0 Å². The van der Waals surface area contributed by atoms with Crippen LogP contribution in [0.3, 0.4) is 0 Å². The van der Waals surface area contributed by atoms with E-state index in [-0.39, 0.29) is 5.91 Å². The van der Waals surface area contributed by atoms with Crippen LogP contribution in [0.1, 0.15) is 39.9 Å². The van der Waals surface area contributed by atoms with Gasteiger partial charge in [-0.2, -0.15) is 0 Å². The molecule has 1 aliphatic heterocycles. The Bertz CT molecular complexity index is 912. The third kappa shape index (κ3) is 3.01. The van der Waals surface area contributed by atoms with E-state index in [1.165, 1.54) is 11.3 Å². The van der Waals surface area contributed by atoms with Gasteiger partial charge in [-0.3, -0.25) is 19.7 Å². The number of aryl methyl sites for hydroxylation is 1. The van der Waals surface area contributed by atoms with Crippen molar-refractivity contribution in [3.05, 3.63) is 46.7 Å². The maximum absolute atomic E-state index is 12.5. The molecule has 0 spiro atoms. The molecule has 0 aromatic carbocycles. The highest BCUT2D eigenvalue weighted by molar-refractivity contribution is 7.11. The number of hydrogen-bond acceptors (Lipinski definition) is 6. The molecule has 0 bridgehead atoms. The van der Waals surface area contributed by atoms with Crippen molar-refractivity contribution >= 4 is 17.2 Å². The van der Waals surface area contributed by atoms with Crippen molar-refractivity contribution < 1.29 is 4.79 Å². The monoisotopic (exact) mass is 368 g/mol. The average Bonchev–Trinajstić information content (AvgIpc) is 3.33. The summed E-state index contributed by atoms with van der Waals surface area (Å²) in [6.07, 6.45) is 8.73. The fraction of sp³-hybridized carbons (Fsp3) is 0.389. The van der Waals surface area contributed by atoms with Crippen molar-refractivity contribution in [2.45, 2.75) is 25.7 Å². The van der Waals surface area contributed by atoms with Gasteiger partial charge in [-0.25, -0.2) is 4.98 Å². The summed E-state index contributed by atoms with van der Waals surface area (Å²) in [5, 5.41) is 0. The number of imidazole rings is 1. The van der Waals surface area contributed by atoms with Gasteiger partial charge in [0.15, 0.2) is 0 Å². The van der Waals surface area contributed by atoms with Gasteiger partial charge in [0.25, 0.3) is 5.91 Å². The topological polar surface area (TPSA) is 76.8 Å². The van der Waals surface area contributed by atoms with E-state index >= 15 is 0 Å². The molecule has 3 aromatic rings. The second-order valence-electron chi connectivity index (χ2n) is 6.47. The van der Waals surface area contributed by atoms with Crippen molar-refractivity contribution in [3.63, 3.8) is 0 Å². The number of aromatic nitrogens is 5. The standard InChI is InChI=1S/C18H20N6OS/c1-12-22-9-14(23(12)2)17-16(20-5-6-21-17)13-3-7-24(8-4-13)18(25)15-10-19-11-26-15/h5-6,9-11,13H,3-4,7-8H2,1-2H3. The highest BCUT2D eigenvalue weighted by Gasteiger charge is 2.28. The quantitative estimate of drug-likeness (QED) is 0.710. The van der Waals surface area contributed by atoms with E-state index in [0.717, 1.165) is 48.8 Å². The molecular weight excluding hydrogens is 348 g/mol. The smallest absolute Gasteiger partial charge is 0.265 e. The van der Waals surface area contributed by atoms with E-state index < -0.39 is 0 Å². The van der Waals surface area contributed by atoms with E-state index in [2.05, 4.69) is 19.9 Å². The molecule has 7 nitrogen and oxygen atoms in total. The zero-order chi connectivity index (χ0) is 18.1. The summed E-state index contributed by atoms with van der Waals surface area (Å²) in [6.45, 7) is 3.42. The Morgan fingerprint density at radius 2 is 1.92 bits per heavy atom. The minimum Gasteiger partial charge on any atom is -0.338 e. The second-order valence-corrected chi connectivity index (χ2v) is 7.36. The van der Waals surface area contributed by atoms with Crippen LogP contribution in [0.2, 0.25) is 0 Å². The molecule has 3 aromatic heterocycles. The maximum atomic E-state index is 12.5. The van der Waals surface area contributed by atoms with E-state index in [1.54, 1.807) is 24.1 Å². The third-order valence-corrected chi connectivity index (χ3v) is 5.76. The molecule has 0 radical (unpaired) electrons. The van der Waals surface area contributed by atoms with Crippen LogP contribution in [-0.2, 0) is 7.05 Å². The van der Waals surface area contributed by atoms with Crippen LogP contribution in [0.4, 0.5) is 0 Å². The fourth-order valence-corrected chi connectivity index (χ4v) is 3.99. The molecule has 0 atom stereocenters. The summed E-state index contributed by atoms with van der Waals surface area (Å²) < 4.78 is 2.04. The Balaban J connectivity index is 1.54. The van der Waals surface area contributed by atoms with Crippen LogP contribution in [0, 0.1) is 6.92 Å². The first-order valence-corrected chi connectivity index (χ1v) is 9.50. The summed E-state index contributed by atoms with van der Waals surface area (Å²) in [4.78, 5) is 32.7. The van der Waals surface area contributed by atoms with Crippen LogP contribution in [0.15, 0.2) is 30.3 Å². The summed E-state index contributed by atoms with van der Waals surface area (Å²) >= 11 is 1.39. The van der Waals surface area contributed by atoms with Crippen molar-refractivity contribution in [3.8, 4) is 11.4 Å². The number of thiazole rings is 1. The molecule has 134 valence electrons. The number of rotatable bonds is 3. The second kappa shape index (κ2) is 6.95. The lowest BCUT2D eigenvalue weighted by atomic mass is 9.91. The fourth-order valence-electron chi connectivity index (χ4n) is 3.40. The Kier molecular flexibility index (Phi) is 4.50. The molecule has 4 heterocycles. The molecule has 1 saturated heterocycles. The van der Waals surface area contributed by atoms with Gasteiger partial charge in [0.2, 0.25) is 0 Å². The first-order chi connectivity index (χ1) is 12.6. The predicted octanol–water partition coefficient (Wildman–Crippen LogP) is 2.66. The van der Waals surface area contributed by atoms with Gasteiger partial charge in [0.1, 0.15) is 16.4 Å². The zero-order valence-electron chi connectivity index (χ0n) is 14.8. The first-order valence-electron chi connectivity index (χ1n) is 8.62. The summed E-state index contributed by atoms with van der Waals surface area (Å²) in [7, 11) is 1.99. The number of hydrogen-bond donors (Lipinski definition) is 0. The minimum absolute atomic E-state index is 0.0765. The number of nitrogens with zero attached hydrogens (tertiary/aromatic N) is 6. The molecule has 8 heteroatoms. The lowest BCUT2D eigenvalue weighted by Crippen LogP contribution is -2.37. The van der Waals surface area contributed by atoms with Crippen LogP contribution in [0.5, 0.6) is 0 Å². The molecule has 1 aliphatic rings. The lowest BCUT2D eigenvalue weighted by Gasteiger charge is -2.31. The van der Waals surface area contributed by atoms with Crippen molar-refractivity contribution in [2.24, 2.45) is 7.05 Å². The summed E-state index contributed by atoms with van der Waals surface area (Å²) in [6, 6.07) is 0. The number of likely N-dealkylation sites (tertiary alicyclic amines) is 1. The normalized spacial score (nSPS) is 15.4. The Labute approximate surface area is 155 Å². The minimum atomic E-state index is 0.0765. The van der Waals surface area contributed by atoms with Crippen molar-refractivity contribution in [1.29, 1.82) is 0 Å². The van der Waals surface area contributed by atoms with Gasteiger partial charge in [0.05, 0.1) is 29.3 Å². The zero-order valence-corrected chi connectivity index (χ0v) is 15.6. The average molecular weight is 368 g/mol. The van der Waals surface area contributed by atoms with Gasteiger partial charge in [-0.15, -0.1) is 11.3 Å². The number of amides is 1. The van der Waals surface area contributed by atoms with Crippen LogP contribution in [-0.4, -0.2) is 48.4 Å². The maximum Gasteiger partial charge on any atom is 0.265 e. The molecule has 1 fully saturated rings. The SMILES string of the molecule is Cc1ncc(-c2nccnc2C2CCN(C(=O)c3cncs3)CC2)n1C. The molecule has 1 amide bonds. The van der Waals surface area contributed by atoms with Gasteiger partial charge < -0.3 is 9.47 Å². The molecular formula is C18H20N6OS. The van der Waals surface area contributed by atoms with Gasteiger partial charge in [0, 0.05) is 38.4 Å². The summed E-state index contributed by atoms with van der Waals surface area (Å²) in [5.74, 6) is 1.31. The number of carbonyl (C=O) groups excluding carboxylic acids is 1.